The lowest BCUT2D eigenvalue weighted by Crippen LogP contribution is -2.03. The Morgan fingerprint density at radius 2 is 1.89 bits per heavy atom. The Balaban J connectivity index is 2.48. The number of pyridine rings is 1. The van der Waals surface area contributed by atoms with Crippen LogP contribution in [0.4, 0.5) is 4.39 Å². The molecular formula is C12H6Cl2FNO2. The molecule has 2 rings (SSSR count). The summed E-state index contributed by atoms with van der Waals surface area (Å²) < 4.78 is 13.5. The maximum absolute atomic E-state index is 13.5. The van der Waals surface area contributed by atoms with Crippen LogP contribution in [0.25, 0.3) is 11.1 Å². The number of carbonyl (C=O) groups is 1. The van der Waals surface area contributed by atoms with Crippen molar-refractivity contribution < 1.29 is 14.3 Å². The molecule has 1 aromatic heterocycles. The summed E-state index contributed by atoms with van der Waals surface area (Å²) >= 11 is 11.6. The lowest BCUT2D eigenvalue weighted by atomic mass is 10.1. The van der Waals surface area contributed by atoms with E-state index in [-0.39, 0.29) is 0 Å². The van der Waals surface area contributed by atoms with Gasteiger partial charge in [0.05, 0.1) is 10.0 Å². The highest BCUT2D eigenvalue weighted by Gasteiger charge is 2.13. The van der Waals surface area contributed by atoms with Crippen LogP contribution in [-0.2, 0) is 0 Å². The lowest BCUT2D eigenvalue weighted by Gasteiger charge is -2.04. The molecule has 92 valence electrons. The first kappa shape index (κ1) is 12.8. The van der Waals surface area contributed by atoms with Crippen LogP contribution < -0.4 is 0 Å². The van der Waals surface area contributed by atoms with Crippen LogP contribution in [0.15, 0.2) is 30.5 Å². The zero-order chi connectivity index (χ0) is 13.3. The molecule has 1 aromatic carbocycles. The van der Waals surface area contributed by atoms with E-state index in [1.807, 2.05) is 0 Å². The molecule has 2 aromatic rings. The van der Waals surface area contributed by atoms with Gasteiger partial charge in [-0.05, 0) is 23.8 Å². The monoisotopic (exact) mass is 285 g/mol. The molecule has 18 heavy (non-hydrogen) atoms. The van der Waals surface area contributed by atoms with Crippen molar-refractivity contribution in [2.75, 3.05) is 0 Å². The van der Waals surface area contributed by atoms with E-state index in [4.69, 9.17) is 28.3 Å². The van der Waals surface area contributed by atoms with Gasteiger partial charge >= 0.3 is 5.97 Å². The number of nitrogens with zero attached hydrogens (tertiary/aromatic N) is 1. The normalized spacial score (nSPS) is 10.4. The Labute approximate surface area is 112 Å². The molecular weight excluding hydrogens is 280 g/mol. The van der Waals surface area contributed by atoms with Gasteiger partial charge < -0.3 is 5.11 Å². The Kier molecular flexibility index (Phi) is 3.50. The minimum absolute atomic E-state index is 0.330. The number of carboxylic acid groups (broad SMARTS) is 1. The zero-order valence-corrected chi connectivity index (χ0v) is 10.3. The summed E-state index contributed by atoms with van der Waals surface area (Å²) in [6, 6.07) is 5.87. The fourth-order valence-corrected chi connectivity index (χ4v) is 1.73. The van der Waals surface area contributed by atoms with E-state index < -0.39 is 17.5 Å². The Bertz CT molecular complexity index is 631. The first-order chi connectivity index (χ1) is 8.49. The third kappa shape index (κ3) is 2.44. The molecule has 0 atom stereocenters. The van der Waals surface area contributed by atoms with Crippen LogP contribution in [0, 0.1) is 5.82 Å². The number of aromatic nitrogens is 1. The molecule has 3 nitrogen and oxygen atoms in total. The lowest BCUT2D eigenvalue weighted by molar-refractivity contribution is 0.0685. The molecule has 0 radical (unpaired) electrons. The summed E-state index contributed by atoms with van der Waals surface area (Å²) in [5.41, 5.74) is 0.419. The van der Waals surface area contributed by atoms with Crippen LogP contribution in [0.2, 0.25) is 10.0 Å². The molecule has 0 fully saturated rings. The first-order valence-electron chi connectivity index (χ1n) is 4.83. The average Bonchev–Trinajstić information content (AvgIpc) is 2.32. The second kappa shape index (κ2) is 4.92. The SMILES string of the molecule is O=C(O)c1ncc(-c2ccc(Cl)c(Cl)c2)cc1F. The molecule has 1 heterocycles. The van der Waals surface area contributed by atoms with Crippen LogP contribution in [0.1, 0.15) is 10.5 Å². The number of hydrogen-bond donors (Lipinski definition) is 1. The van der Waals surface area contributed by atoms with Crippen molar-refractivity contribution in [2.24, 2.45) is 0 Å². The van der Waals surface area contributed by atoms with E-state index in [0.717, 1.165) is 6.07 Å². The van der Waals surface area contributed by atoms with Crippen molar-refractivity contribution in [2.45, 2.75) is 0 Å². The van der Waals surface area contributed by atoms with Crippen LogP contribution in [0.5, 0.6) is 0 Å². The molecule has 0 aliphatic carbocycles. The van der Waals surface area contributed by atoms with Crippen molar-refractivity contribution in [3.63, 3.8) is 0 Å². The Morgan fingerprint density at radius 1 is 1.17 bits per heavy atom. The highest BCUT2D eigenvalue weighted by Crippen LogP contribution is 2.28. The molecule has 0 amide bonds. The predicted octanol–water partition coefficient (Wildman–Crippen LogP) is 3.89. The second-order valence-corrected chi connectivity index (χ2v) is 4.30. The van der Waals surface area contributed by atoms with Gasteiger partial charge in [0.1, 0.15) is 0 Å². The van der Waals surface area contributed by atoms with E-state index in [1.165, 1.54) is 6.20 Å². The minimum Gasteiger partial charge on any atom is -0.476 e. The van der Waals surface area contributed by atoms with Crippen LogP contribution in [-0.4, -0.2) is 16.1 Å². The standard InChI is InChI=1S/C12H6Cl2FNO2/c13-8-2-1-6(3-9(8)14)7-4-10(15)11(12(17)18)16-5-7/h1-5H,(H,17,18). The van der Waals surface area contributed by atoms with Gasteiger partial charge in [-0.15, -0.1) is 0 Å². The largest absolute Gasteiger partial charge is 0.476 e. The quantitative estimate of drug-likeness (QED) is 0.911. The summed E-state index contributed by atoms with van der Waals surface area (Å²) in [6.45, 7) is 0. The number of carboxylic acids is 1. The highest BCUT2D eigenvalue weighted by atomic mass is 35.5. The maximum Gasteiger partial charge on any atom is 0.357 e. The van der Waals surface area contributed by atoms with E-state index in [2.05, 4.69) is 4.98 Å². The van der Waals surface area contributed by atoms with Crippen molar-refractivity contribution in [3.8, 4) is 11.1 Å². The third-order valence-electron chi connectivity index (χ3n) is 2.30. The molecule has 0 spiro atoms. The van der Waals surface area contributed by atoms with E-state index >= 15 is 0 Å². The van der Waals surface area contributed by atoms with Gasteiger partial charge in [-0.1, -0.05) is 29.3 Å². The summed E-state index contributed by atoms with van der Waals surface area (Å²) in [5, 5.41) is 9.38. The predicted molar refractivity (Wildman–Crippen MR) is 66.6 cm³/mol. The summed E-state index contributed by atoms with van der Waals surface area (Å²) in [4.78, 5) is 14.2. The van der Waals surface area contributed by atoms with Gasteiger partial charge in [-0.2, -0.15) is 0 Å². The van der Waals surface area contributed by atoms with Crippen LogP contribution in [0.3, 0.4) is 0 Å². The summed E-state index contributed by atoms with van der Waals surface area (Å²) in [6.07, 6.45) is 1.27. The van der Waals surface area contributed by atoms with Crippen molar-refractivity contribution in [3.05, 3.63) is 52.0 Å². The van der Waals surface area contributed by atoms with Gasteiger partial charge in [-0.25, -0.2) is 14.2 Å². The van der Waals surface area contributed by atoms with Gasteiger partial charge in [-0.3, -0.25) is 0 Å². The van der Waals surface area contributed by atoms with Gasteiger partial charge in [0.25, 0.3) is 0 Å². The topological polar surface area (TPSA) is 50.2 Å². The maximum atomic E-state index is 13.5. The number of benzene rings is 1. The van der Waals surface area contributed by atoms with Crippen LogP contribution >= 0.6 is 23.2 Å². The second-order valence-electron chi connectivity index (χ2n) is 3.49. The van der Waals surface area contributed by atoms with Gasteiger partial charge in [0.2, 0.25) is 0 Å². The molecule has 0 aliphatic heterocycles. The summed E-state index contributed by atoms with van der Waals surface area (Å²) in [5.74, 6) is -2.31. The average molecular weight is 286 g/mol. The number of aromatic carboxylic acids is 1. The Hall–Kier alpha value is -1.65. The molecule has 0 saturated heterocycles. The first-order valence-corrected chi connectivity index (χ1v) is 5.59. The number of halogens is 3. The van der Waals surface area contributed by atoms with Crippen molar-refractivity contribution in [1.82, 2.24) is 4.98 Å². The molecule has 0 bridgehead atoms. The molecule has 1 N–H and O–H groups in total. The van der Waals surface area contributed by atoms with E-state index in [9.17, 15) is 9.18 Å². The van der Waals surface area contributed by atoms with Gasteiger partial charge in [0.15, 0.2) is 11.5 Å². The third-order valence-corrected chi connectivity index (χ3v) is 3.04. The van der Waals surface area contributed by atoms with E-state index in [1.54, 1.807) is 18.2 Å². The van der Waals surface area contributed by atoms with E-state index in [0.29, 0.717) is 21.2 Å². The molecule has 6 heteroatoms. The minimum atomic E-state index is -1.41. The number of hydrogen-bond acceptors (Lipinski definition) is 2. The Morgan fingerprint density at radius 3 is 2.44 bits per heavy atom. The highest BCUT2D eigenvalue weighted by molar-refractivity contribution is 6.42. The molecule has 0 unspecified atom stereocenters. The number of rotatable bonds is 2. The fraction of sp³-hybridized carbons (Fsp3) is 0. The molecule has 0 saturated carbocycles. The summed E-state index contributed by atoms with van der Waals surface area (Å²) in [7, 11) is 0. The molecule has 0 aliphatic rings. The van der Waals surface area contributed by atoms with Crippen molar-refractivity contribution >= 4 is 29.2 Å². The van der Waals surface area contributed by atoms with Gasteiger partial charge in [0, 0.05) is 11.8 Å². The zero-order valence-electron chi connectivity index (χ0n) is 8.82. The fourth-order valence-electron chi connectivity index (χ4n) is 1.43. The smallest absolute Gasteiger partial charge is 0.357 e. The van der Waals surface area contributed by atoms with Crippen molar-refractivity contribution in [1.29, 1.82) is 0 Å².